The summed E-state index contributed by atoms with van der Waals surface area (Å²) in [6.45, 7) is 1.99. The van der Waals surface area contributed by atoms with Crippen LogP contribution in [0.4, 0.5) is 5.69 Å². The number of rotatable bonds is 7. The zero-order valence-electron chi connectivity index (χ0n) is 19.2. The van der Waals surface area contributed by atoms with Crippen LogP contribution in [0.2, 0.25) is 0 Å². The van der Waals surface area contributed by atoms with E-state index in [9.17, 15) is 10.1 Å². The van der Waals surface area contributed by atoms with Crippen molar-refractivity contribution in [1.29, 1.82) is 5.26 Å². The van der Waals surface area contributed by atoms with Crippen molar-refractivity contribution in [3.05, 3.63) is 94.5 Å². The molecule has 0 spiro atoms. The van der Waals surface area contributed by atoms with Crippen LogP contribution in [0, 0.1) is 18.3 Å². The average molecular weight is 544 g/mol. The third-order valence-corrected chi connectivity index (χ3v) is 6.94. The van der Waals surface area contributed by atoms with Crippen molar-refractivity contribution in [2.75, 3.05) is 18.2 Å². The molecule has 0 radical (unpaired) electrons. The molecule has 1 N–H and O–H groups in total. The van der Waals surface area contributed by atoms with Gasteiger partial charge < -0.3 is 10.1 Å². The summed E-state index contributed by atoms with van der Waals surface area (Å²) in [4.78, 5) is 17.5. The predicted molar refractivity (Wildman–Crippen MR) is 145 cm³/mol. The summed E-state index contributed by atoms with van der Waals surface area (Å²) in [5, 5.41) is 13.5. The molecular formula is C28H22BrN3O2S. The first-order valence-electron chi connectivity index (χ1n) is 10.8. The lowest BCUT2D eigenvalue weighted by molar-refractivity contribution is -0.113. The number of nitrogens with one attached hydrogen (secondary N) is 1. The number of thioether (sulfide) groups is 1. The Kier molecular flexibility index (Phi) is 7.86. The summed E-state index contributed by atoms with van der Waals surface area (Å²) in [5.74, 6) is 0.668. The van der Waals surface area contributed by atoms with E-state index < -0.39 is 0 Å². The van der Waals surface area contributed by atoms with Crippen molar-refractivity contribution in [3.63, 3.8) is 0 Å². The molecule has 174 valence electrons. The molecule has 0 bridgehead atoms. The summed E-state index contributed by atoms with van der Waals surface area (Å²) < 4.78 is 6.10. The van der Waals surface area contributed by atoms with E-state index in [1.807, 2.05) is 85.8 Å². The van der Waals surface area contributed by atoms with Gasteiger partial charge in [0.1, 0.15) is 16.8 Å². The first-order chi connectivity index (χ1) is 17.0. The predicted octanol–water partition coefficient (Wildman–Crippen LogP) is 7.10. The summed E-state index contributed by atoms with van der Waals surface area (Å²) in [6.07, 6.45) is 0. The fraction of sp³-hybridized carbons (Fsp3) is 0.107. The molecule has 0 saturated heterocycles. The second-order valence-electron chi connectivity index (χ2n) is 7.76. The van der Waals surface area contributed by atoms with Gasteiger partial charge in [-0.15, -0.1) is 0 Å². The van der Waals surface area contributed by atoms with Gasteiger partial charge >= 0.3 is 0 Å². The standard InChI is InChI=1S/C28H22BrN3O2S/c1-18-8-13-25(24(29)14-18)31-27(33)17-35-28-23(16-30)22(19-9-11-21(34-2)12-10-19)15-26(32-28)20-6-4-3-5-7-20/h3-15H,17H2,1-2H3,(H,31,33). The topological polar surface area (TPSA) is 75.0 Å². The monoisotopic (exact) mass is 543 g/mol. The van der Waals surface area contributed by atoms with Gasteiger partial charge in [-0.3, -0.25) is 4.79 Å². The third-order valence-electron chi connectivity index (χ3n) is 5.31. The Bertz CT molecular complexity index is 1400. The zero-order valence-corrected chi connectivity index (χ0v) is 21.6. The molecule has 3 aromatic carbocycles. The first-order valence-corrected chi connectivity index (χ1v) is 12.6. The van der Waals surface area contributed by atoms with Crippen molar-refractivity contribution in [3.8, 4) is 34.2 Å². The van der Waals surface area contributed by atoms with Crippen LogP contribution >= 0.6 is 27.7 Å². The van der Waals surface area contributed by atoms with Crippen molar-refractivity contribution in [2.45, 2.75) is 11.9 Å². The Morgan fingerprint density at radius 2 is 1.80 bits per heavy atom. The summed E-state index contributed by atoms with van der Waals surface area (Å²) in [5.41, 5.74) is 5.53. The van der Waals surface area contributed by atoms with Crippen LogP contribution in [0.15, 0.2) is 88.4 Å². The molecule has 7 heteroatoms. The molecule has 35 heavy (non-hydrogen) atoms. The van der Waals surface area contributed by atoms with Crippen molar-refractivity contribution in [2.24, 2.45) is 0 Å². The molecule has 4 rings (SSSR count). The number of benzene rings is 3. The summed E-state index contributed by atoms with van der Waals surface area (Å²) >= 11 is 4.74. The normalized spacial score (nSPS) is 10.5. The van der Waals surface area contributed by atoms with Gasteiger partial charge in [0.2, 0.25) is 5.91 Å². The van der Waals surface area contributed by atoms with Gasteiger partial charge in [0.15, 0.2) is 0 Å². The van der Waals surface area contributed by atoms with E-state index in [1.54, 1.807) is 7.11 Å². The minimum atomic E-state index is -0.179. The number of aryl methyl sites for hydroxylation is 1. The van der Waals surface area contributed by atoms with E-state index in [2.05, 4.69) is 27.3 Å². The van der Waals surface area contributed by atoms with Gasteiger partial charge in [0, 0.05) is 15.6 Å². The van der Waals surface area contributed by atoms with Gasteiger partial charge in [-0.2, -0.15) is 5.26 Å². The average Bonchev–Trinajstić information content (AvgIpc) is 2.89. The SMILES string of the molecule is COc1ccc(-c2cc(-c3ccccc3)nc(SCC(=O)Nc3ccc(C)cc3Br)c2C#N)cc1. The van der Waals surface area contributed by atoms with Gasteiger partial charge in [0.25, 0.3) is 0 Å². The highest BCUT2D eigenvalue weighted by Crippen LogP contribution is 2.35. The minimum absolute atomic E-state index is 0.113. The number of carbonyl (C=O) groups excluding carboxylic acids is 1. The van der Waals surface area contributed by atoms with Gasteiger partial charge in [-0.05, 0) is 64.3 Å². The molecule has 0 aliphatic rings. The Balaban J connectivity index is 1.68. The fourth-order valence-electron chi connectivity index (χ4n) is 3.53. The molecule has 1 amide bonds. The maximum absolute atomic E-state index is 12.7. The van der Waals surface area contributed by atoms with Gasteiger partial charge in [-0.1, -0.05) is 60.3 Å². The van der Waals surface area contributed by atoms with E-state index in [1.165, 1.54) is 11.8 Å². The van der Waals surface area contributed by atoms with Crippen LogP contribution in [0.5, 0.6) is 5.75 Å². The second kappa shape index (κ2) is 11.2. The van der Waals surface area contributed by atoms with E-state index in [0.717, 1.165) is 38.2 Å². The van der Waals surface area contributed by atoms with Crippen LogP contribution in [-0.2, 0) is 4.79 Å². The van der Waals surface area contributed by atoms with E-state index in [0.29, 0.717) is 16.3 Å². The quantitative estimate of drug-likeness (QED) is 0.251. The lowest BCUT2D eigenvalue weighted by Crippen LogP contribution is -2.14. The van der Waals surface area contributed by atoms with Gasteiger partial charge in [0.05, 0.1) is 29.8 Å². The third kappa shape index (κ3) is 5.91. The van der Waals surface area contributed by atoms with Crippen LogP contribution < -0.4 is 10.1 Å². The molecule has 0 saturated carbocycles. The molecular weight excluding hydrogens is 522 g/mol. The zero-order chi connectivity index (χ0) is 24.8. The number of hydrogen-bond acceptors (Lipinski definition) is 5. The Morgan fingerprint density at radius 3 is 2.46 bits per heavy atom. The maximum Gasteiger partial charge on any atom is 0.234 e. The lowest BCUT2D eigenvalue weighted by Gasteiger charge is -2.13. The molecule has 0 aliphatic carbocycles. The summed E-state index contributed by atoms with van der Waals surface area (Å²) in [7, 11) is 1.62. The number of halogens is 1. The molecule has 0 atom stereocenters. The molecule has 0 aliphatic heterocycles. The number of anilines is 1. The van der Waals surface area contributed by atoms with Crippen molar-refractivity contribution < 1.29 is 9.53 Å². The highest BCUT2D eigenvalue weighted by molar-refractivity contribution is 9.10. The Morgan fingerprint density at radius 1 is 1.06 bits per heavy atom. The smallest absolute Gasteiger partial charge is 0.234 e. The lowest BCUT2D eigenvalue weighted by atomic mass is 9.99. The Hall–Kier alpha value is -3.60. The van der Waals surface area contributed by atoms with Crippen LogP contribution in [0.25, 0.3) is 22.4 Å². The molecule has 1 aromatic heterocycles. The maximum atomic E-state index is 12.7. The molecule has 4 aromatic rings. The number of hydrogen-bond donors (Lipinski definition) is 1. The summed E-state index contributed by atoms with van der Waals surface area (Å²) in [6, 6.07) is 27.3. The van der Waals surface area contributed by atoms with E-state index in [4.69, 9.17) is 9.72 Å². The van der Waals surface area contributed by atoms with Crippen molar-refractivity contribution >= 4 is 39.3 Å². The largest absolute Gasteiger partial charge is 0.497 e. The van der Waals surface area contributed by atoms with Gasteiger partial charge in [-0.25, -0.2) is 4.98 Å². The number of carbonyl (C=O) groups is 1. The Labute approximate surface area is 217 Å². The molecule has 0 unspecified atom stereocenters. The number of amides is 1. The van der Waals surface area contributed by atoms with Crippen molar-refractivity contribution in [1.82, 2.24) is 4.98 Å². The van der Waals surface area contributed by atoms with Crippen LogP contribution in [0.1, 0.15) is 11.1 Å². The number of nitrogens with zero attached hydrogens (tertiary/aromatic N) is 2. The number of nitriles is 1. The highest BCUT2D eigenvalue weighted by atomic mass is 79.9. The number of aromatic nitrogens is 1. The van der Waals surface area contributed by atoms with E-state index >= 15 is 0 Å². The number of methoxy groups -OCH3 is 1. The number of pyridine rings is 1. The highest BCUT2D eigenvalue weighted by Gasteiger charge is 2.17. The van der Waals surface area contributed by atoms with Crippen LogP contribution in [-0.4, -0.2) is 23.8 Å². The van der Waals surface area contributed by atoms with Crippen LogP contribution in [0.3, 0.4) is 0 Å². The second-order valence-corrected chi connectivity index (χ2v) is 9.58. The van der Waals surface area contributed by atoms with E-state index in [-0.39, 0.29) is 11.7 Å². The molecule has 5 nitrogen and oxygen atoms in total. The fourth-order valence-corrected chi connectivity index (χ4v) is 4.93. The minimum Gasteiger partial charge on any atom is -0.497 e. The first kappa shape index (κ1) is 24.5. The molecule has 1 heterocycles. The molecule has 0 fully saturated rings. The number of ether oxygens (including phenoxy) is 1.